The van der Waals surface area contributed by atoms with Crippen LogP contribution in [0.15, 0.2) is 75.2 Å². The van der Waals surface area contributed by atoms with E-state index in [1.165, 1.54) is 22.8 Å². The first-order valence-electron chi connectivity index (χ1n) is 8.78. The predicted octanol–water partition coefficient (Wildman–Crippen LogP) is 5.00. The number of pyridine rings is 1. The molecule has 1 heterocycles. The summed E-state index contributed by atoms with van der Waals surface area (Å²) in [6.45, 7) is 1.87. The fourth-order valence-corrected chi connectivity index (χ4v) is 3.57. The van der Waals surface area contributed by atoms with Crippen LogP contribution in [0.3, 0.4) is 0 Å². The van der Waals surface area contributed by atoms with Crippen LogP contribution in [0, 0.1) is 12.7 Å². The van der Waals surface area contributed by atoms with Crippen molar-refractivity contribution < 1.29 is 9.60 Å². The summed E-state index contributed by atoms with van der Waals surface area (Å²) >= 11 is 3.45. The number of aryl methyl sites for hydroxylation is 2. The predicted molar refractivity (Wildman–Crippen MR) is 112 cm³/mol. The molecule has 0 aliphatic rings. The number of hydrogen-bond donors (Lipinski definition) is 1. The average molecular weight is 443 g/mol. The molecule has 144 valence electrons. The Morgan fingerprint density at radius 3 is 2.50 bits per heavy atom. The molecule has 0 saturated carbocycles. The largest absolute Gasteiger partial charge is 0.411 e. The van der Waals surface area contributed by atoms with Crippen molar-refractivity contribution in [2.45, 2.75) is 19.3 Å². The van der Waals surface area contributed by atoms with E-state index in [9.17, 15) is 14.4 Å². The van der Waals surface area contributed by atoms with E-state index in [4.69, 9.17) is 0 Å². The molecule has 3 rings (SSSR count). The van der Waals surface area contributed by atoms with Gasteiger partial charge in [-0.1, -0.05) is 39.3 Å². The Morgan fingerprint density at radius 1 is 1.18 bits per heavy atom. The molecule has 0 amide bonds. The molecule has 1 N–H and O–H groups in total. The molecule has 1 aromatic heterocycles. The minimum Gasteiger partial charge on any atom is -0.411 e. The van der Waals surface area contributed by atoms with Gasteiger partial charge in [0.15, 0.2) is 0 Å². The van der Waals surface area contributed by atoms with E-state index >= 15 is 0 Å². The lowest BCUT2D eigenvalue weighted by molar-refractivity contribution is 0.317. The molecular weight excluding hydrogens is 423 g/mol. The molecule has 4 nitrogen and oxygen atoms in total. The van der Waals surface area contributed by atoms with E-state index < -0.39 is 0 Å². The third kappa shape index (κ3) is 4.39. The highest BCUT2D eigenvalue weighted by atomic mass is 79.9. The zero-order valence-corrected chi connectivity index (χ0v) is 17.1. The molecule has 0 unspecified atom stereocenters. The number of aromatic nitrogens is 1. The SMILES string of the molecule is Cc1cc(F)ccc1[C@H](C/C(=N\O)c1ccc(=O)n(C)c1)c1ccc(Br)cc1. The number of nitrogens with zero attached hydrogens (tertiary/aromatic N) is 2. The van der Waals surface area contributed by atoms with Gasteiger partial charge in [0.25, 0.3) is 0 Å². The number of rotatable bonds is 5. The second kappa shape index (κ2) is 8.52. The third-order valence-electron chi connectivity index (χ3n) is 4.82. The average Bonchev–Trinajstić information content (AvgIpc) is 2.67. The molecule has 0 spiro atoms. The zero-order valence-electron chi connectivity index (χ0n) is 15.6. The van der Waals surface area contributed by atoms with Gasteiger partial charge in [-0.15, -0.1) is 0 Å². The lowest BCUT2D eigenvalue weighted by Gasteiger charge is -2.21. The highest BCUT2D eigenvalue weighted by Gasteiger charge is 2.21. The van der Waals surface area contributed by atoms with Gasteiger partial charge in [0, 0.05) is 41.7 Å². The smallest absolute Gasteiger partial charge is 0.250 e. The minimum atomic E-state index is -0.287. The number of halogens is 2. The quantitative estimate of drug-likeness (QED) is 0.343. The first kappa shape index (κ1) is 20.0. The van der Waals surface area contributed by atoms with Gasteiger partial charge in [-0.3, -0.25) is 4.79 Å². The van der Waals surface area contributed by atoms with Gasteiger partial charge in [0.1, 0.15) is 5.82 Å². The first-order chi connectivity index (χ1) is 13.4. The normalized spacial score (nSPS) is 12.8. The van der Waals surface area contributed by atoms with Gasteiger partial charge in [-0.2, -0.15) is 0 Å². The van der Waals surface area contributed by atoms with Crippen LogP contribution in [0.25, 0.3) is 0 Å². The van der Waals surface area contributed by atoms with Gasteiger partial charge in [0.05, 0.1) is 5.71 Å². The molecule has 0 aliphatic heterocycles. The van der Waals surface area contributed by atoms with Crippen LogP contribution >= 0.6 is 15.9 Å². The Hall–Kier alpha value is -2.73. The van der Waals surface area contributed by atoms with Crippen molar-refractivity contribution >= 4 is 21.6 Å². The van der Waals surface area contributed by atoms with E-state index in [2.05, 4.69) is 21.1 Å². The van der Waals surface area contributed by atoms with Crippen molar-refractivity contribution in [1.82, 2.24) is 4.57 Å². The van der Waals surface area contributed by atoms with Crippen LogP contribution in [0.1, 0.15) is 34.6 Å². The summed E-state index contributed by atoms with van der Waals surface area (Å²) in [5, 5.41) is 13.2. The summed E-state index contributed by atoms with van der Waals surface area (Å²) in [6.07, 6.45) is 2.04. The maximum Gasteiger partial charge on any atom is 0.250 e. The van der Waals surface area contributed by atoms with Crippen LogP contribution in [-0.4, -0.2) is 15.5 Å². The van der Waals surface area contributed by atoms with E-state index in [1.54, 1.807) is 25.4 Å². The van der Waals surface area contributed by atoms with Gasteiger partial charge in [0.2, 0.25) is 5.56 Å². The summed E-state index contributed by atoms with van der Waals surface area (Å²) < 4.78 is 16.0. The van der Waals surface area contributed by atoms with Crippen molar-refractivity contribution in [3.8, 4) is 0 Å². The van der Waals surface area contributed by atoms with Crippen molar-refractivity contribution in [3.05, 3.63) is 104 Å². The van der Waals surface area contributed by atoms with E-state index in [-0.39, 0.29) is 17.3 Å². The highest BCUT2D eigenvalue weighted by Crippen LogP contribution is 2.33. The molecule has 28 heavy (non-hydrogen) atoms. The van der Waals surface area contributed by atoms with Crippen LogP contribution in [-0.2, 0) is 7.05 Å². The maximum atomic E-state index is 13.6. The Kier molecular flexibility index (Phi) is 6.09. The lowest BCUT2D eigenvalue weighted by atomic mass is 9.83. The number of hydrogen-bond acceptors (Lipinski definition) is 3. The van der Waals surface area contributed by atoms with Gasteiger partial charge in [-0.05, 0) is 53.9 Å². The fourth-order valence-electron chi connectivity index (χ4n) is 3.31. The van der Waals surface area contributed by atoms with Crippen molar-refractivity contribution in [1.29, 1.82) is 0 Å². The van der Waals surface area contributed by atoms with Crippen molar-refractivity contribution in [2.24, 2.45) is 12.2 Å². The fraction of sp³-hybridized carbons (Fsp3) is 0.182. The van der Waals surface area contributed by atoms with Crippen LogP contribution < -0.4 is 5.56 Å². The van der Waals surface area contributed by atoms with Crippen molar-refractivity contribution in [3.63, 3.8) is 0 Å². The van der Waals surface area contributed by atoms with Crippen LogP contribution in [0.5, 0.6) is 0 Å². The second-order valence-electron chi connectivity index (χ2n) is 6.72. The monoisotopic (exact) mass is 442 g/mol. The number of oxime groups is 1. The van der Waals surface area contributed by atoms with E-state index in [0.29, 0.717) is 17.7 Å². The van der Waals surface area contributed by atoms with Crippen molar-refractivity contribution in [2.75, 3.05) is 0 Å². The molecule has 2 aromatic carbocycles. The van der Waals surface area contributed by atoms with Gasteiger partial charge >= 0.3 is 0 Å². The molecule has 0 bridgehead atoms. The molecule has 0 radical (unpaired) electrons. The standard InChI is InChI=1S/C22H20BrFN2O2/c1-14-11-18(24)8-9-19(14)20(15-3-6-17(23)7-4-15)12-21(25-28)16-5-10-22(27)26(2)13-16/h3-11,13,20,28H,12H2,1-2H3/b25-21+/t20-/m1/s1. The van der Waals surface area contributed by atoms with E-state index in [0.717, 1.165) is 21.2 Å². The first-order valence-corrected chi connectivity index (χ1v) is 9.58. The molecule has 6 heteroatoms. The van der Waals surface area contributed by atoms with Gasteiger partial charge < -0.3 is 9.77 Å². The lowest BCUT2D eigenvalue weighted by Crippen LogP contribution is -2.18. The molecule has 1 atom stereocenters. The molecule has 3 aromatic rings. The summed E-state index contributed by atoms with van der Waals surface area (Å²) in [4.78, 5) is 11.7. The molecular formula is C22H20BrFN2O2. The summed E-state index contributed by atoms with van der Waals surface area (Å²) in [6, 6.07) is 15.7. The van der Waals surface area contributed by atoms with Crippen LogP contribution in [0.4, 0.5) is 4.39 Å². The topological polar surface area (TPSA) is 54.6 Å². The molecule has 0 aliphatic carbocycles. The molecule has 0 saturated heterocycles. The molecule has 0 fully saturated rings. The Bertz CT molecular complexity index is 1070. The Balaban J connectivity index is 2.06. The summed E-state index contributed by atoms with van der Waals surface area (Å²) in [5.74, 6) is -0.429. The minimum absolute atomic E-state index is 0.139. The summed E-state index contributed by atoms with van der Waals surface area (Å²) in [5.41, 5.74) is 3.77. The summed E-state index contributed by atoms with van der Waals surface area (Å²) in [7, 11) is 1.65. The van der Waals surface area contributed by atoms with E-state index in [1.807, 2.05) is 31.2 Å². The number of benzene rings is 2. The second-order valence-corrected chi connectivity index (χ2v) is 7.64. The van der Waals surface area contributed by atoms with Gasteiger partial charge in [-0.25, -0.2) is 4.39 Å². The van der Waals surface area contributed by atoms with Crippen LogP contribution in [0.2, 0.25) is 0 Å². The third-order valence-corrected chi connectivity index (χ3v) is 5.35. The Morgan fingerprint density at radius 2 is 1.89 bits per heavy atom. The maximum absolute atomic E-state index is 13.6. The highest BCUT2D eigenvalue weighted by molar-refractivity contribution is 9.10. The zero-order chi connectivity index (χ0) is 20.3. The Labute approximate surface area is 171 Å².